The van der Waals surface area contributed by atoms with Gasteiger partial charge in [-0.1, -0.05) is 23.4 Å². The van der Waals surface area contributed by atoms with Gasteiger partial charge in [0.2, 0.25) is 0 Å². The van der Waals surface area contributed by atoms with E-state index in [2.05, 4.69) is 5.32 Å². The maximum Gasteiger partial charge on any atom is 0.137 e. The van der Waals surface area contributed by atoms with Crippen molar-refractivity contribution in [3.05, 3.63) is 58.6 Å². The van der Waals surface area contributed by atoms with Crippen LogP contribution in [0, 0.1) is 11.6 Å². The fourth-order valence-electron chi connectivity index (χ4n) is 1.65. The van der Waals surface area contributed by atoms with Crippen molar-refractivity contribution < 1.29 is 8.78 Å². The summed E-state index contributed by atoms with van der Waals surface area (Å²) >= 11 is 7.13. The number of hydrogen-bond acceptors (Lipinski definition) is 2. The van der Waals surface area contributed by atoms with E-state index in [-0.39, 0.29) is 4.90 Å². The van der Waals surface area contributed by atoms with Gasteiger partial charge in [0.25, 0.3) is 0 Å². The molecule has 0 radical (unpaired) electrons. The molecule has 100 valence electrons. The van der Waals surface area contributed by atoms with E-state index in [4.69, 9.17) is 11.6 Å². The fraction of sp³-hybridized carbons (Fsp3) is 0.143. The zero-order valence-electron chi connectivity index (χ0n) is 10.2. The molecule has 5 heteroatoms. The Bertz CT molecular complexity index is 590. The Labute approximate surface area is 120 Å². The van der Waals surface area contributed by atoms with Crippen molar-refractivity contribution in [2.45, 2.75) is 16.3 Å². The molecule has 0 saturated heterocycles. The number of halogens is 3. The molecule has 1 nitrogen and oxygen atoms in total. The molecule has 0 unspecified atom stereocenters. The first-order valence-corrected chi connectivity index (χ1v) is 6.85. The van der Waals surface area contributed by atoms with Crippen molar-refractivity contribution in [3.63, 3.8) is 0 Å². The third-order valence-electron chi connectivity index (χ3n) is 2.50. The van der Waals surface area contributed by atoms with E-state index in [1.54, 1.807) is 6.07 Å². The second-order valence-electron chi connectivity index (χ2n) is 3.96. The summed E-state index contributed by atoms with van der Waals surface area (Å²) in [6.07, 6.45) is 0. The summed E-state index contributed by atoms with van der Waals surface area (Å²) in [5, 5.41) is 3.64. The summed E-state index contributed by atoms with van der Waals surface area (Å²) in [6.45, 7) is 0.611. The van der Waals surface area contributed by atoms with Gasteiger partial charge in [0.1, 0.15) is 11.6 Å². The van der Waals surface area contributed by atoms with Gasteiger partial charge in [0.15, 0.2) is 0 Å². The maximum atomic E-state index is 13.6. The zero-order chi connectivity index (χ0) is 13.8. The van der Waals surface area contributed by atoms with Crippen LogP contribution in [-0.4, -0.2) is 7.05 Å². The molecule has 0 saturated carbocycles. The number of nitrogens with one attached hydrogen (secondary N) is 1. The predicted octanol–water partition coefficient (Wildman–Crippen LogP) is 4.49. The largest absolute Gasteiger partial charge is 0.316 e. The molecule has 0 aromatic heterocycles. The first kappa shape index (κ1) is 14.3. The van der Waals surface area contributed by atoms with E-state index >= 15 is 0 Å². The standard InChI is InChI=1S/C14H12ClF2NS/c1-18-8-9-6-10(15)2-5-13(9)19-14-7-11(16)3-4-12(14)17/h2-7,18H,8H2,1H3. The Balaban J connectivity index is 2.34. The van der Waals surface area contributed by atoms with Crippen molar-refractivity contribution in [1.82, 2.24) is 5.32 Å². The molecule has 0 amide bonds. The molecule has 2 rings (SSSR count). The highest BCUT2D eigenvalue weighted by molar-refractivity contribution is 7.99. The quantitative estimate of drug-likeness (QED) is 0.893. The highest BCUT2D eigenvalue weighted by Crippen LogP contribution is 2.33. The topological polar surface area (TPSA) is 12.0 Å². The van der Waals surface area contributed by atoms with Gasteiger partial charge in [-0.2, -0.15) is 0 Å². The van der Waals surface area contributed by atoms with Crippen LogP contribution < -0.4 is 5.32 Å². The molecule has 19 heavy (non-hydrogen) atoms. The fourth-order valence-corrected chi connectivity index (χ4v) is 2.82. The van der Waals surface area contributed by atoms with E-state index in [0.717, 1.165) is 22.6 Å². The smallest absolute Gasteiger partial charge is 0.137 e. The SMILES string of the molecule is CNCc1cc(Cl)ccc1Sc1cc(F)ccc1F. The van der Waals surface area contributed by atoms with Crippen molar-refractivity contribution >= 4 is 23.4 Å². The van der Waals surface area contributed by atoms with Gasteiger partial charge >= 0.3 is 0 Å². The Morgan fingerprint density at radius 1 is 1.11 bits per heavy atom. The van der Waals surface area contributed by atoms with Crippen LogP contribution in [-0.2, 0) is 6.54 Å². The molecular weight excluding hydrogens is 288 g/mol. The molecule has 2 aromatic carbocycles. The molecule has 0 fully saturated rings. The Morgan fingerprint density at radius 3 is 2.63 bits per heavy atom. The van der Waals surface area contributed by atoms with Crippen LogP contribution in [0.1, 0.15) is 5.56 Å². The second kappa shape index (κ2) is 6.37. The molecule has 1 N–H and O–H groups in total. The summed E-state index contributed by atoms with van der Waals surface area (Å²) in [6, 6.07) is 8.79. The lowest BCUT2D eigenvalue weighted by atomic mass is 10.2. The lowest BCUT2D eigenvalue weighted by molar-refractivity contribution is 0.577. The minimum absolute atomic E-state index is 0.264. The second-order valence-corrected chi connectivity index (χ2v) is 5.48. The van der Waals surface area contributed by atoms with Crippen LogP contribution in [0.15, 0.2) is 46.2 Å². The number of benzene rings is 2. The number of hydrogen-bond donors (Lipinski definition) is 1. The maximum absolute atomic E-state index is 13.6. The van der Waals surface area contributed by atoms with Crippen LogP contribution >= 0.6 is 23.4 Å². The highest BCUT2D eigenvalue weighted by atomic mass is 35.5. The van der Waals surface area contributed by atoms with Crippen molar-refractivity contribution in [3.8, 4) is 0 Å². The Kier molecular flexibility index (Phi) is 4.80. The van der Waals surface area contributed by atoms with Gasteiger partial charge in [-0.25, -0.2) is 8.78 Å². The van der Waals surface area contributed by atoms with E-state index in [0.29, 0.717) is 11.6 Å². The van der Waals surface area contributed by atoms with Crippen molar-refractivity contribution in [1.29, 1.82) is 0 Å². The summed E-state index contributed by atoms with van der Waals surface area (Å²) in [5.41, 5.74) is 0.948. The Morgan fingerprint density at radius 2 is 1.89 bits per heavy atom. The van der Waals surface area contributed by atoms with Gasteiger partial charge in [-0.3, -0.25) is 0 Å². The minimum Gasteiger partial charge on any atom is -0.316 e. The van der Waals surface area contributed by atoms with Crippen LogP contribution in [0.5, 0.6) is 0 Å². The summed E-state index contributed by atoms with van der Waals surface area (Å²) in [7, 11) is 1.82. The van der Waals surface area contributed by atoms with E-state index in [9.17, 15) is 8.78 Å². The molecule has 0 aliphatic heterocycles. The summed E-state index contributed by atoms with van der Waals surface area (Å²) in [5.74, 6) is -0.884. The summed E-state index contributed by atoms with van der Waals surface area (Å²) < 4.78 is 26.8. The monoisotopic (exact) mass is 299 g/mol. The zero-order valence-corrected chi connectivity index (χ0v) is 11.8. The van der Waals surface area contributed by atoms with Crippen LogP contribution in [0.2, 0.25) is 5.02 Å². The lowest BCUT2D eigenvalue weighted by Crippen LogP contribution is -2.06. The Hall–Kier alpha value is -1.10. The van der Waals surface area contributed by atoms with Crippen molar-refractivity contribution in [2.75, 3.05) is 7.05 Å². The molecule has 0 spiro atoms. The van der Waals surface area contributed by atoms with E-state index in [1.165, 1.54) is 17.8 Å². The molecule has 0 atom stereocenters. The molecular formula is C14H12ClF2NS. The van der Waals surface area contributed by atoms with E-state index < -0.39 is 11.6 Å². The van der Waals surface area contributed by atoms with Gasteiger partial charge in [-0.05, 0) is 49.0 Å². The molecule has 0 aliphatic rings. The molecule has 0 aliphatic carbocycles. The molecule has 0 bridgehead atoms. The number of rotatable bonds is 4. The first-order chi connectivity index (χ1) is 9.10. The molecule has 2 aromatic rings. The lowest BCUT2D eigenvalue weighted by Gasteiger charge is -2.10. The van der Waals surface area contributed by atoms with E-state index in [1.807, 2.05) is 19.2 Å². The third kappa shape index (κ3) is 3.69. The van der Waals surface area contributed by atoms with Gasteiger partial charge in [0, 0.05) is 16.5 Å². The first-order valence-electron chi connectivity index (χ1n) is 5.66. The van der Waals surface area contributed by atoms with Crippen LogP contribution in [0.3, 0.4) is 0 Å². The molecule has 0 heterocycles. The van der Waals surface area contributed by atoms with Crippen LogP contribution in [0.25, 0.3) is 0 Å². The van der Waals surface area contributed by atoms with Crippen molar-refractivity contribution in [2.24, 2.45) is 0 Å². The highest BCUT2D eigenvalue weighted by Gasteiger charge is 2.09. The van der Waals surface area contributed by atoms with Gasteiger partial charge < -0.3 is 5.32 Å². The van der Waals surface area contributed by atoms with Gasteiger partial charge in [-0.15, -0.1) is 0 Å². The van der Waals surface area contributed by atoms with Crippen LogP contribution in [0.4, 0.5) is 8.78 Å². The average Bonchev–Trinajstić information content (AvgIpc) is 2.37. The average molecular weight is 300 g/mol. The third-order valence-corrected chi connectivity index (χ3v) is 3.89. The predicted molar refractivity (Wildman–Crippen MR) is 74.7 cm³/mol. The normalized spacial score (nSPS) is 10.7. The summed E-state index contributed by atoms with van der Waals surface area (Å²) in [4.78, 5) is 1.11. The van der Waals surface area contributed by atoms with Gasteiger partial charge in [0.05, 0.1) is 4.90 Å². The minimum atomic E-state index is -0.451.